The van der Waals surface area contributed by atoms with Gasteiger partial charge in [0.25, 0.3) is 5.91 Å². The summed E-state index contributed by atoms with van der Waals surface area (Å²) >= 11 is 7.16. The van der Waals surface area contributed by atoms with Gasteiger partial charge in [0.15, 0.2) is 0 Å². The Bertz CT molecular complexity index is 1160. The average molecular weight is 463 g/mol. The first-order valence-electron chi connectivity index (χ1n) is 9.30. The van der Waals surface area contributed by atoms with Crippen LogP contribution in [-0.4, -0.2) is 59.7 Å². The highest BCUT2D eigenvalue weighted by Gasteiger charge is 2.31. The highest BCUT2D eigenvalue weighted by Crippen LogP contribution is 2.28. The van der Waals surface area contributed by atoms with Crippen molar-refractivity contribution < 1.29 is 13.2 Å². The Kier molecular flexibility index (Phi) is 5.88. The molecule has 4 rings (SSSR count). The maximum atomic E-state index is 13.0. The molecule has 10 heteroatoms. The number of carbonyl (C=O) groups is 1. The fourth-order valence-electron chi connectivity index (χ4n) is 3.22. The van der Waals surface area contributed by atoms with Crippen molar-refractivity contribution in [1.29, 1.82) is 0 Å². The van der Waals surface area contributed by atoms with Gasteiger partial charge >= 0.3 is 0 Å². The summed E-state index contributed by atoms with van der Waals surface area (Å²) in [5, 5.41) is 1.18. The van der Waals surface area contributed by atoms with Gasteiger partial charge < -0.3 is 4.90 Å². The van der Waals surface area contributed by atoms with Crippen LogP contribution >= 0.6 is 22.9 Å². The van der Waals surface area contributed by atoms with Crippen LogP contribution in [0.5, 0.6) is 0 Å². The summed E-state index contributed by atoms with van der Waals surface area (Å²) < 4.78 is 27.0. The molecular formula is C20H19ClN4O3S2. The van der Waals surface area contributed by atoms with Crippen molar-refractivity contribution in [2.24, 2.45) is 0 Å². The molecule has 2 aromatic heterocycles. The van der Waals surface area contributed by atoms with Crippen LogP contribution < -0.4 is 0 Å². The molecule has 1 aromatic carbocycles. The van der Waals surface area contributed by atoms with Gasteiger partial charge in [-0.25, -0.2) is 13.4 Å². The maximum Gasteiger partial charge on any atom is 0.265 e. The summed E-state index contributed by atoms with van der Waals surface area (Å²) in [4.78, 5) is 24.2. The Hall–Kier alpha value is -2.33. The third kappa shape index (κ3) is 4.11. The molecule has 0 N–H and O–H groups in total. The number of nitrogens with zero attached hydrogens (tertiary/aromatic N) is 4. The monoisotopic (exact) mass is 462 g/mol. The lowest BCUT2D eigenvalue weighted by Gasteiger charge is -2.33. The van der Waals surface area contributed by atoms with Gasteiger partial charge in [-0.1, -0.05) is 17.7 Å². The van der Waals surface area contributed by atoms with Gasteiger partial charge in [-0.05, 0) is 43.3 Å². The molecule has 7 nitrogen and oxygen atoms in total. The molecule has 0 saturated carbocycles. The van der Waals surface area contributed by atoms with E-state index in [0.29, 0.717) is 33.7 Å². The van der Waals surface area contributed by atoms with E-state index in [9.17, 15) is 13.2 Å². The number of aryl methyl sites for hydroxylation is 1. The summed E-state index contributed by atoms with van der Waals surface area (Å²) in [6, 6.07) is 11.7. The summed E-state index contributed by atoms with van der Waals surface area (Å²) in [7, 11) is -3.61. The fraction of sp³-hybridized carbons (Fsp3) is 0.250. The minimum atomic E-state index is -3.61. The molecule has 0 aliphatic carbocycles. The number of halogens is 1. The molecular weight excluding hydrogens is 444 g/mol. The first kappa shape index (κ1) is 20.9. The number of piperazine rings is 1. The molecule has 0 spiro atoms. The predicted octanol–water partition coefficient (Wildman–Crippen LogP) is 3.31. The van der Waals surface area contributed by atoms with Crippen molar-refractivity contribution in [3.05, 3.63) is 64.3 Å². The first-order chi connectivity index (χ1) is 14.4. The predicted molar refractivity (Wildman–Crippen MR) is 116 cm³/mol. The SMILES string of the molecule is Cc1nc(-c2ccccn2)sc1C(=O)N1CCN(S(=O)(=O)c2ccc(Cl)cc2)CC1. The van der Waals surface area contributed by atoms with Gasteiger partial charge in [-0.2, -0.15) is 4.31 Å². The van der Waals surface area contributed by atoms with E-state index in [-0.39, 0.29) is 23.9 Å². The quantitative estimate of drug-likeness (QED) is 0.594. The van der Waals surface area contributed by atoms with Crippen LogP contribution in [0.15, 0.2) is 53.6 Å². The number of aromatic nitrogens is 2. The van der Waals surface area contributed by atoms with Crippen molar-refractivity contribution >= 4 is 38.9 Å². The number of amides is 1. The third-order valence-corrected chi connectivity index (χ3v) is 8.18. The van der Waals surface area contributed by atoms with E-state index >= 15 is 0 Å². The van der Waals surface area contributed by atoms with Crippen molar-refractivity contribution in [3.8, 4) is 10.7 Å². The molecule has 30 heavy (non-hydrogen) atoms. The molecule has 3 aromatic rings. The fourth-order valence-corrected chi connectivity index (χ4v) is 5.78. The van der Waals surface area contributed by atoms with Gasteiger partial charge in [-0.15, -0.1) is 11.3 Å². The van der Waals surface area contributed by atoms with E-state index in [4.69, 9.17) is 11.6 Å². The Morgan fingerprint density at radius 2 is 1.77 bits per heavy atom. The topological polar surface area (TPSA) is 83.5 Å². The minimum absolute atomic E-state index is 0.129. The molecule has 0 atom stereocenters. The number of benzene rings is 1. The summed E-state index contributed by atoms with van der Waals surface area (Å²) in [5.74, 6) is -0.129. The lowest BCUT2D eigenvalue weighted by molar-refractivity contribution is 0.0702. The largest absolute Gasteiger partial charge is 0.335 e. The van der Waals surface area contributed by atoms with Gasteiger partial charge in [0.1, 0.15) is 9.88 Å². The molecule has 1 fully saturated rings. The number of rotatable bonds is 4. The van der Waals surface area contributed by atoms with E-state index in [2.05, 4.69) is 9.97 Å². The van der Waals surface area contributed by atoms with Crippen molar-refractivity contribution in [3.63, 3.8) is 0 Å². The van der Waals surface area contributed by atoms with E-state index in [1.54, 1.807) is 30.2 Å². The Morgan fingerprint density at radius 1 is 1.07 bits per heavy atom. The van der Waals surface area contributed by atoms with E-state index in [0.717, 1.165) is 5.69 Å². The second-order valence-electron chi connectivity index (χ2n) is 6.80. The number of hydrogen-bond acceptors (Lipinski definition) is 6. The zero-order chi connectivity index (χ0) is 21.3. The van der Waals surface area contributed by atoms with Crippen LogP contribution in [0.25, 0.3) is 10.7 Å². The normalized spacial score (nSPS) is 15.3. The van der Waals surface area contributed by atoms with E-state index < -0.39 is 10.0 Å². The molecule has 0 unspecified atom stereocenters. The molecule has 156 valence electrons. The molecule has 3 heterocycles. The van der Waals surface area contributed by atoms with E-state index in [1.807, 2.05) is 18.2 Å². The van der Waals surface area contributed by atoms with Gasteiger partial charge in [0, 0.05) is 37.4 Å². The Morgan fingerprint density at radius 3 is 2.40 bits per heavy atom. The van der Waals surface area contributed by atoms with Crippen molar-refractivity contribution in [2.75, 3.05) is 26.2 Å². The zero-order valence-electron chi connectivity index (χ0n) is 16.2. The van der Waals surface area contributed by atoms with Crippen LogP contribution in [0.2, 0.25) is 5.02 Å². The van der Waals surface area contributed by atoms with Crippen LogP contribution in [0.4, 0.5) is 0 Å². The van der Waals surface area contributed by atoms with Crippen LogP contribution in [0.3, 0.4) is 0 Å². The summed E-state index contributed by atoms with van der Waals surface area (Å²) in [6.45, 7) is 2.92. The Balaban J connectivity index is 1.46. The second kappa shape index (κ2) is 8.43. The number of thiazole rings is 1. The molecule has 1 aliphatic rings. The standard InChI is InChI=1S/C20H19ClN4O3S2/c1-14-18(29-19(23-14)17-4-2-3-9-22-17)20(26)24-10-12-25(13-11-24)30(27,28)16-7-5-15(21)6-8-16/h2-9H,10-13H2,1H3. The molecule has 1 aliphatic heterocycles. The van der Waals surface area contributed by atoms with Crippen molar-refractivity contribution in [1.82, 2.24) is 19.2 Å². The highest BCUT2D eigenvalue weighted by molar-refractivity contribution is 7.89. The summed E-state index contributed by atoms with van der Waals surface area (Å²) in [5.41, 5.74) is 1.38. The lowest BCUT2D eigenvalue weighted by atomic mass is 10.3. The molecule has 0 bridgehead atoms. The lowest BCUT2D eigenvalue weighted by Crippen LogP contribution is -2.50. The highest BCUT2D eigenvalue weighted by atomic mass is 35.5. The number of hydrogen-bond donors (Lipinski definition) is 0. The van der Waals surface area contributed by atoms with Crippen LogP contribution in [0, 0.1) is 6.92 Å². The van der Waals surface area contributed by atoms with Gasteiger partial charge in [0.05, 0.1) is 16.3 Å². The molecule has 1 saturated heterocycles. The van der Waals surface area contributed by atoms with Gasteiger partial charge in [-0.3, -0.25) is 9.78 Å². The van der Waals surface area contributed by atoms with Crippen molar-refractivity contribution in [2.45, 2.75) is 11.8 Å². The molecule has 0 radical (unpaired) electrons. The van der Waals surface area contributed by atoms with Gasteiger partial charge in [0.2, 0.25) is 10.0 Å². The Labute approximate surface area is 184 Å². The number of sulfonamides is 1. The maximum absolute atomic E-state index is 13.0. The van der Waals surface area contributed by atoms with Crippen LogP contribution in [-0.2, 0) is 10.0 Å². The second-order valence-corrected chi connectivity index (χ2v) is 10.2. The van der Waals surface area contributed by atoms with E-state index in [1.165, 1.54) is 27.8 Å². The van der Waals surface area contributed by atoms with Crippen LogP contribution in [0.1, 0.15) is 15.4 Å². The number of pyridine rings is 1. The minimum Gasteiger partial charge on any atom is -0.335 e. The zero-order valence-corrected chi connectivity index (χ0v) is 18.5. The summed E-state index contributed by atoms with van der Waals surface area (Å²) in [6.07, 6.45) is 1.69. The molecule has 1 amide bonds. The first-order valence-corrected chi connectivity index (χ1v) is 11.9. The third-order valence-electron chi connectivity index (χ3n) is 4.85. The number of carbonyl (C=O) groups excluding carboxylic acids is 1. The average Bonchev–Trinajstić information content (AvgIpc) is 3.16. The smallest absolute Gasteiger partial charge is 0.265 e.